The zero-order valence-electron chi connectivity index (χ0n) is 10.5. The first-order valence-electron chi connectivity index (χ1n) is 6.64. The van der Waals surface area contributed by atoms with Crippen LogP contribution in [0.5, 0.6) is 0 Å². The molecule has 2 aliphatic rings. The molecular weight excluding hydrogens is 200 g/mol. The highest BCUT2D eigenvalue weighted by molar-refractivity contribution is 5.86. The number of rotatable bonds is 6. The molecule has 1 unspecified atom stereocenters. The smallest absolute Gasteiger partial charge is 0.242 e. The summed E-state index contributed by atoms with van der Waals surface area (Å²) in [6.07, 6.45) is 6.72. The molecule has 2 saturated carbocycles. The van der Waals surface area contributed by atoms with E-state index < -0.39 is 5.54 Å². The molecule has 3 heteroatoms. The summed E-state index contributed by atoms with van der Waals surface area (Å²) in [5.74, 6) is 0.950. The van der Waals surface area contributed by atoms with E-state index in [1.807, 2.05) is 6.92 Å². The van der Waals surface area contributed by atoms with Gasteiger partial charge in [-0.3, -0.25) is 4.79 Å². The zero-order valence-corrected chi connectivity index (χ0v) is 10.5. The Labute approximate surface area is 98.4 Å². The van der Waals surface area contributed by atoms with Crippen LogP contribution in [0.15, 0.2) is 0 Å². The Kier molecular flexibility index (Phi) is 3.24. The van der Waals surface area contributed by atoms with E-state index in [1.165, 1.54) is 25.7 Å². The minimum Gasteiger partial charge on any atom is -0.338 e. The van der Waals surface area contributed by atoms with Gasteiger partial charge in [0, 0.05) is 12.6 Å². The molecule has 0 aromatic rings. The Morgan fingerprint density at radius 2 is 2.00 bits per heavy atom. The highest BCUT2D eigenvalue weighted by Gasteiger charge is 2.41. The number of hydrogen-bond donors (Lipinski definition) is 1. The van der Waals surface area contributed by atoms with Crippen molar-refractivity contribution in [2.24, 2.45) is 11.7 Å². The molecule has 3 nitrogen and oxygen atoms in total. The average molecular weight is 224 g/mol. The highest BCUT2D eigenvalue weighted by Crippen LogP contribution is 2.36. The number of carbonyl (C=O) groups is 1. The number of amides is 1. The maximum Gasteiger partial charge on any atom is 0.242 e. The molecule has 2 fully saturated rings. The van der Waals surface area contributed by atoms with Gasteiger partial charge in [-0.15, -0.1) is 0 Å². The number of carbonyl (C=O) groups excluding carboxylic acids is 1. The molecule has 0 spiro atoms. The van der Waals surface area contributed by atoms with Gasteiger partial charge >= 0.3 is 0 Å². The lowest BCUT2D eigenvalue weighted by molar-refractivity contribution is -0.137. The van der Waals surface area contributed by atoms with Gasteiger partial charge in [-0.1, -0.05) is 13.3 Å². The first-order chi connectivity index (χ1) is 7.54. The maximum atomic E-state index is 12.4. The van der Waals surface area contributed by atoms with Crippen LogP contribution in [-0.4, -0.2) is 28.9 Å². The van der Waals surface area contributed by atoms with E-state index in [1.54, 1.807) is 0 Å². The quantitative estimate of drug-likeness (QED) is 0.749. The van der Waals surface area contributed by atoms with Crippen molar-refractivity contribution < 1.29 is 4.79 Å². The van der Waals surface area contributed by atoms with E-state index >= 15 is 0 Å². The maximum absolute atomic E-state index is 12.4. The fourth-order valence-electron chi connectivity index (χ4n) is 2.32. The van der Waals surface area contributed by atoms with Crippen LogP contribution in [-0.2, 0) is 4.79 Å². The molecule has 0 radical (unpaired) electrons. The molecule has 2 rings (SSSR count). The van der Waals surface area contributed by atoms with Crippen molar-refractivity contribution in [3.8, 4) is 0 Å². The first-order valence-corrected chi connectivity index (χ1v) is 6.64. The Balaban J connectivity index is 1.97. The minimum absolute atomic E-state index is 0.184. The SMILES string of the molecule is CCCC(C)(N)C(=O)N(CC1CC1)C1CC1. The van der Waals surface area contributed by atoms with Crippen molar-refractivity contribution in [1.82, 2.24) is 4.90 Å². The van der Waals surface area contributed by atoms with E-state index in [0.717, 1.165) is 25.3 Å². The fourth-order valence-corrected chi connectivity index (χ4v) is 2.32. The Bertz CT molecular complexity index is 267. The predicted octanol–water partition coefficient (Wildman–Crippen LogP) is 1.90. The third kappa shape index (κ3) is 2.76. The summed E-state index contributed by atoms with van der Waals surface area (Å²) in [5, 5.41) is 0. The summed E-state index contributed by atoms with van der Waals surface area (Å²) in [7, 11) is 0. The van der Waals surface area contributed by atoms with Crippen molar-refractivity contribution in [2.45, 2.75) is 64.0 Å². The monoisotopic (exact) mass is 224 g/mol. The van der Waals surface area contributed by atoms with Gasteiger partial charge in [-0.2, -0.15) is 0 Å². The molecule has 0 saturated heterocycles. The predicted molar refractivity (Wildman–Crippen MR) is 65.0 cm³/mol. The number of nitrogens with two attached hydrogens (primary N) is 1. The van der Waals surface area contributed by atoms with Gasteiger partial charge < -0.3 is 10.6 Å². The second-order valence-corrected chi connectivity index (χ2v) is 5.80. The lowest BCUT2D eigenvalue weighted by Gasteiger charge is -2.32. The Morgan fingerprint density at radius 1 is 1.38 bits per heavy atom. The van der Waals surface area contributed by atoms with Crippen molar-refractivity contribution >= 4 is 5.91 Å². The number of nitrogens with zero attached hydrogens (tertiary/aromatic N) is 1. The summed E-state index contributed by atoms with van der Waals surface area (Å²) in [4.78, 5) is 14.5. The second kappa shape index (κ2) is 4.36. The molecule has 1 atom stereocenters. The van der Waals surface area contributed by atoms with E-state index in [-0.39, 0.29) is 5.91 Å². The molecule has 0 heterocycles. The van der Waals surface area contributed by atoms with Crippen molar-refractivity contribution in [3.63, 3.8) is 0 Å². The lowest BCUT2D eigenvalue weighted by Crippen LogP contribution is -2.54. The van der Waals surface area contributed by atoms with E-state index in [2.05, 4.69) is 11.8 Å². The van der Waals surface area contributed by atoms with Gasteiger partial charge in [0.1, 0.15) is 0 Å². The van der Waals surface area contributed by atoms with Crippen LogP contribution in [0.3, 0.4) is 0 Å². The molecule has 92 valence electrons. The van der Waals surface area contributed by atoms with Crippen molar-refractivity contribution in [1.29, 1.82) is 0 Å². The standard InChI is InChI=1S/C13H24N2O/c1-3-8-13(2,14)12(16)15(11-6-7-11)9-10-4-5-10/h10-11H,3-9,14H2,1-2H3. The average Bonchev–Trinajstić information content (AvgIpc) is 3.05. The van der Waals surface area contributed by atoms with Crippen molar-refractivity contribution in [3.05, 3.63) is 0 Å². The normalized spacial score (nSPS) is 23.9. The van der Waals surface area contributed by atoms with Gasteiger partial charge in [0.05, 0.1) is 5.54 Å². The number of hydrogen-bond acceptors (Lipinski definition) is 2. The Morgan fingerprint density at radius 3 is 2.44 bits per heavy atom. The van der Waals surface area contributed by atoms with Crippen LogP contribution in [0.2, 0.25) is 0 Å². The van der Waals surface area contributed by atoms with Crippen LogP contribution in [0, 0.1) is 5.92 Å². The topological polar surface area (TPSA) is 46.3 Å². The van der Waals surface area contributed by atoms with Gasteiger partial charge in [0.15, 0.2) is 0 Å². The van der Waals surface area contributed by atoms with E-state index in [9.17, 15) is 4.79 Å². The van der Waals surface area contributed by atoms with Crippen molar-refractivity contribution in [2.75, 3.05) is 6.54 Å². The third-order valence-electron chi connectivity index (χ3n) is 3.66. The molecule has 16 heavy (non-hydrogen) atoms. The summed E-state index contributed by atoms with van der Waals surface area (Å²) in [5.41, 5.74) is 5.50. The van der Waals surface area contributed by atoms with E-state index in [0.29, 0.717) is 6.04 Å². The molecule has 2 N–H and O–H groups in total. The first kappa shape index (κ1) is 11.9. The molecular formula is C13H24N2O. The van der Waals surface area contributed by atoms with Gasteiger partial charge in [0.2, 0.25) is 5.91 Å². The van der Waals surface area contributed by atoms with Crippen LogP contribution < -0.4 is 5.73 Å². The summed E-state index contributed by atoms with van der Waals surface area (Å²) in [6.45, 7) is 4.93. The van der Waals surface area contributed by atoms with E-state index in [4.69, 9.17) is 5.73 Å². The van der Waals surface area contributed by atoms with Crippen LogP contribution in [0.25, 0.3) is 0 Å². The van der Waals surface area contributed by atoms with Crippen LogP contribution >= 0.6 is 0 Å². The summed E-state index contributed by atoms with van der Waals surface area (Å²) >= 11 is 0. The van der Waals surface area contributed by atoms with Gasteiger partial charge in [-0.25, -0.2) is 0 Å². The molecule has 0 aromatic carbocycles. The summed E-state index contributed by atoms with van der Waals surface area (Å²) in [6, 6.07) is 0.507. The summed E-state index contributed by atoms with van der Waals surface area (Å²) < 4.78 is 0. The lowest BCUT2D eigenvalue weighted by atomic mass is 9.95. The van der Waals surface area contributed by atoms with Gasteiger partial charge in [0.25, 0.3) is 0 Å². The Hall–Kier alpha value is -0.570. The second-order valence-electron chi connectivity index (χ2n) is 5.80. The minimum atomic E-state index is -0.647. The zero-order chi connectivity index (χ0) is 11.8. The fraction of sp³-hybridized carbons (Fsp3) is 0.923. The van der Waals surface area contributed by atoms with Gasteiger partial charge in [-0.05, 0) is 44.9 Å². The molecule has 1 amide bonds. The molecule has 2 aliphatic carbocycles. The molecule has 0 aromatic heterocycles. The van der Waals surface area contributed by atoms with Crippen LogP contribution in [0.4, 0.5) is 0 Å². The molecule has 0 bridgehead atoms. The third-order valence-corrected chi connectivity index (χ3v) is 3.66. The molecule has 0 aliphatic heterocycles. The highest BCUT2D eigenvalue weighted by atomic mass is 16.2. The largest absolute Gasteiger partial charge is 0.338 e. The van der Waals surface area contributed by atoms with Crippen LogP contribution in [0.1, 0.15) is 52.4 Å².